The van der Waals surface area contributed by atoms with E-state index >= 15 is 0 Å². The number of alkyl halides is 3. The van der Waals surface area contributed by atoms with Gasteiger partial charge in [0, 0.05) is 5.69 Å². The smallest absolute Gasteiger partial charge is 0.390 e. The molecule has 0 unspecified atom stereocenters. The van der Waals surface area contributed by atoms with Crippen LogP contribution in [-0.4, -0.2) is 26.2 Å². The number of hydroxylamine groups is 1. The van der Waals surface area contributed by atoms with Crippen molar-refractivity contribution in [3.8, 4) is 0 Å². The van der Waals surface area contributed by atoms with Gasteiger partial charge in [-0.3, -0.25) is 10.0 Å². The first kappa shape index (κ1) is 16.6. The van der Waals surface area contributed by atoms with E-state index in [0.717, 1.165) is 24.3 Å². The second kappa shape index (κ2) is 6.58. The first-order valence-electron chi connectivity index (χ1n) is 6.20. The summed E-state index contributed by atoms with van der Waals surface area (Å²) in [6, 6.07) is 4.05. The van der Waals surface area contributed by atoms with Crippen LogP contribution in [-0.2, 0) is 12.8 Å². The van der Waals surface area contributed by atoms with Crippen LogP contribution in [0.4, 0.5) is 24.7 Å². The number of halogens is 3. The number of benzene rings is 1. The zero-order valence-electron chi connectivity index (χ0n) is 11.4. The van der Waals surface area contributed by atoms with Crippen LogP contribution in [0.5, 0.6) is 0 Å². The zero-order valence-corrected chi connectivity index (χ0v) is 11.4. The average Bonchev–Trinajstić information content (AvgIpc) is 2.54. The van der Waals surface area contributed by atoms with E-state index in [-0.39, 0.29) is 22.9 Å². The minimum atomic E-state index is -4.46. The molecule has 0 aliphatic heterocycles. The Morgan fingerprint density at radius 2 is 1.87 bits per heavy atom. The first-order chi connectivity index (χ1) is 10.8. The van der Waals surface area contributed by atoms with Crippen molar-refractivity contribution in [3.05, 3.63) is 47.4 Å². The predicted molar refractivity (Wildman–Crippen MR) is 71.9 cm³/mol. The van der Waals surface area contributed by atoms with Crippen LogP contribution >= 0.6 is 0 Å². The number of nitrogens with zero attached hydrogens (tertiary/aromatic N) is 2. The van der Waals surface area contributed by atoms with Crippen molar-refractivity contribution in [2.75, 3.05) is 5.32 Å². The standard InChI is InChI=1S/C13H11F3N4O3/c14-13(15,16)7-1-3-8(4-2-7)19-11-10(12(22)20-23)18-9(6-21)5-17-11/h1-5,21,23H,6H2,(H,17,19)(H,20,22). The van der Waals surface area contributed by atoms with E-state index in [4.69, 9.17) is 10.3 Å². The third kappa shape index (κ3) is 3.93. The van der Waals surface area contributed by atoms with E-state index < -0.39 is 24.3 Å². The quantitative estimate of drug-likeness (QED) is 0.504. The minimum Gasteiger partial charge on any atom is -0.390 e. The Labute approximate surface area is 127 Å². The Balaban J connectivity index is 2.30. The maximum atomic E-state index is 12.5. The van der Waals surface area contributed by atoms with Gasteiger partial charge in [0.05, 0.1) is 24.1 Å². The van der Waals surface area contributed by atoms with E-state index in [1.165, 1.54) is 11.7 Å². The van der Waals surface area contributed by atoms with Crippen LogP contribution in [0.25, 0.3) is 0 Å². The Kier molecular flexibility index (Phi) is 4.77. The molecule has 0 saturated heterocycles. The molecule has 7 nitrogen and oxygen atoms in total. The highest BCUT2D eigenvalue weighted by Crippen LogP contribution is 2.30. The molecule has 1 aromatic heterocycles. The number of nitrogens with one attached hydrogen (secondary N) is 2. The first-order valence-corrected chi connectivity index (χ1v) is 6.20. The number of aliphatic hydroxyl groups is 1. The maximum absolute atomic E-state index is 12.5. The van der Waals surface area contributed by atoms with Gasteiger partial charge < -0.3 is 10.4 Å². The molecule has 1 amide bonds. The van der Waals surface area contributed by atoms with Crippen molar-refractivity contribution >= 4 is 17.4 Å². The van der Waals surface area contributed by atoms with Gasteiger partial charge >= 0.3 is 6.18 Å². The minimum absolute atomic E-state index is 0.0848. The van der Waals surface area contributed by atoms with Gasteiger partial charge in [0.1, 0.15) is 0 Å². The van der Waals surface area contributed by atoms with Gasteiger partial charge in [0.25, 0.3) is 5.91 Å². The monoisotopic (exact) mass is 328 g/mol. The molecular formula is C13H11F3N4O3. The Hall–Kier alpha value is -2.72. The Morgan fingerprint density at radius 3 is 2.39 bits per heavy atom. The molecule has 2 aromatic rings. The molecular weight excluding hydrogens is 317 g/mol. The Morgan fingerprint density at radius 1 is 1.22 bits per heavy atom. The lowest BCUT2D eigenvalue weighted by molar-refractivity contribution is -0.137. The van der Waals surface area contributed by atoms with Gasteiger partial charge in [-0.05, 0) is 24.3 Å². The third-order valence-corrected chi connectivity index (χ3v) is 2.78. The number of hydrogen-bond acceptors (Lipinski definition) is 6. The van der Waals surface area contributed by atoms with Gasteiger partial charge in [0.15, 0.2) is 11.5 Å². The number of carbonyl (C=O) groups excluding carboxylic acids is 1. The van der Waals surface area contributed by atoms with Crippen molar-refractivity contribution in [1.82, 2.24) is 15.4 Å². The predicted octanol–water partition coefficient (Wildman–Crippen LogP) is 1.85. The van der Waals surface area contributed by atoms with Gasteiger partial charge in [0.2, 0.25) is 0 Å². The van der Waals surface area contributed by atoms with E-state index in [1.54, 1.807) is 0 Å². The summed E-state index contributed by atoms with van der Waals surface area (Å²) < 4.78 is 37.5. The summed E-state index contributed by atoms with van der Waals surface area (Å²) in [4.78, 5) is 19.2. The molecule has 1 heterocycles. The van der Waals surface area contributed by atoms with E-state index in [2.05, 4.69) is 15.3 Å². The second-order valence-corrected chi connectivity index (χ2v) is 4.36. The van der Waals surface area contributed by atoms with Crippen molar-refractivity contribution in [3.63, 3.8) is 0 Å². The number of aromatic nitrogens is 2. The molecule has 2 rings (SSSR count). The number of hydrogen-bond donors (Lipinski definition) is 4. The summed E-state index contributed by atoms with van der Waals surface area (Å²) in [6.45, 7) is -0.473. The molecule has 122 valence electrons. The number of rotatable bonds is 4. The molecule has 4 N–H and O–H groups in total. The van der Waals surface area contributed by atoms with Gasteiger partial charge in [-0.15, -0.1) is 0 Å². The highest BCUT2D eigenvalue weighted by atomic mass is 19.4. The summed E-state index contributed by atoms with van der Waals surface area (Å²) in [5, 5.41) is 20.3. The van der Waals surface area contributed by atoms with E-state index in [0.29, 0.717) is 0 Å². The summed E-state index contributed by atoms with van der Waals surface area (Å²) in [6.07, 6.45) is -3.27. The largest absolute Gasteiger partial charge is 0.416 e. The molecule has 0 radical (unpaired) electrons. The number of amides is 1. The zero-order chi connectivity index (χ0) is 17.0. The second-order valence-electron chi connectivity index (χ2n) is 4.36. The third-order valence-electron chi connectivity index (χ3n) is 2.78. The average molecular weight is 328 g/mol. The van der Waals surface area contributed by atoms with Crippen molar-refractivity contribution in [2.24, 2.45) is 0 Å². The van der Waals surface area contributed by atoms with Crippen LogP contribution in [0.3, 0.4) is 0 Å². The maximum Gasteiger partial charge on any atom is 0.416 e. The van der Waals surface area contributed by atoms with Crippen LogP contribution in [0.1, 0.15) is 21.7 Å². The number of aliphatic hydroxyl groups excluding tert-OH is 1. The SMILES string of the molecule is O=C(NO)c1nc(CO)cnc1Nc1ccc(C(F)(F)F)cc1. The van der Waals surface area contributed by atoms with Gasteiger partial charge in [-0.25, -0.2) is 15.4 Å². The van der Waals surface area contributed by atoms with Crippen molar-refractivity contribution in [2.45, 2.75) is 12.8 Å². The lowest BCUT2D eigenvalue weighted by atomic mass is 10.2. The fourth-order valence-electron chi connectivity index (χ4n) is 1.68. The van der Waals surface area contributed by atoms with Crippen LogP contribution in [0.2, 0.25) is 0 Å². The molecule has 0 fully saturated rings. The van der Waals surface area contributed by atoms with Gasteiger partial charge in [-0.2, -0.15) is 13.2 Å². The molecule has 0 spiro atoms. The van der Waals surface area contributed by atoms with Crippen LogP contribution in [0.15, 0.2) is 30.5 Å². The topological polar surface area (TPSA) is 107 Å². The van der Waals surface area contributed by atoms with E-state index in [1.807, 2.05) is 0 Å². The lowest BCUT2D eigenvalue weighted by Gasteiger charge is -2.11. The number of carbonyl (C=O) groups is 1. The van der Waals surface area contributed by atoms with Crippen molar-refractivity contribution in [1.29, 1.82) is 0 Å². The van der Waals surface area contributed by atoms with Gasteiger partial charge in [-0.1, -0.05) is 0 Å². The summed E-state index contributed by atoms with van der Waals surface area (Å²) in [7, 11) is 0. The molecule has 0 saturated carbocycles. The molecule has 23 heavy (non-hydrogen) atoms. The highest BCUT2D eigenvalue weighted by molar-refractivity contribution is 5.96. The molecule has 0 aliphatic rings. The summed E-state index contributed by atoms with van der Waals surface area (Å²) in [5.41, 5.74) is 0.552. The summed E-state index contributed by atoms with van der Waals surface area (Å²) in [5.74, 6) is -1.07. The molecule has 0 atom stereocenters. The summed E-state index contributed by atoms with van der Waals surface area (Å²) >= 11 is 0. The van der Waals surface area contributed by atoms with E-state index in [9.17, 15) is 18.0 Å². The number of anilines is 2. The highest BCUT2D eigenvalue weighted by Gasteiger charge is 2.30. The molecule has 10 heteroatoms. The van der Waals surface area contributed by atoms with Crippen LogP contribution < -0.4 is 10.8 Å². The molecule has 0 bridgehead atoms. The Bertz CT molecular complexity index is 705. The lowest BCUT2D eigenvalue weighted by Crippen LogP contribution is -2.22. The molecule has 0 aliphatic carbocycles. The van der Waals surface area contributed by atoms with Crippen LogP contribution in [0, 0.1) is 0 Å². The molecule has 1 aromatic carbocycles. The fraction of sp³-hybridized carbons (Fsp3) is 0.154. The van der Waals surface area contributed by atoms with Crippen molar-refractivity contribution < 1.29 is 28.3 Å². The normalized spacial score (nSPS) is 11.2. The fourth-order valence-corrected chi connectivity index (χ4v) is 1.68.